The van der Waals surface area contributed by atoms with E-state index in [1.54, 1.807) is 0 Å². The van der Waals surface area contributed by atoms with Crippen LogP contribution in [0, 0.1) is 13.8 Å². The van der Waals surface area contributed by atoms with Gasteiger partial charge in [0.05, 0.1) is 11.6 Å². The molecule has 0 saturated heterocycles. The number of hydrogen-bond acceptors (Lipinski definition) is 5. The fraction of sp³-hybridized carbons (Fsp3) is 0.600. The highest BCUT2D eigenvalue weighted by molar-refractivity contribution is 5.80. The van der Waals surface area contributed by atoms with Crippen molar-refractivity contribution >= 4 is 10.9 Å². The monoisotopic (exact) mass is 436 g/mol. The van der Waals surface area contributed by atoms with E-state index in [0.29, 0.717) is 12.6 Å². The SMILES string of the molecule is CCC(c1nnnn1C(C)(C)C)N(Cc1cc2cc(C)c(C)cc2[nH]c1=O)C1CCCC1. The number of fused-ring (bicyclic) bond motifs is 1. The lowest BCUT2D eigenvalue weighted by atomic mass is 10.0. The van der Waals surface area contributed by atoms with Crippen molar-refractivity contribution in [1.82, 2.24) is 30.1 Å². The van der Waals surface area contributed by atoms with Crippen LogP contribution in [0.2, 0.25) is 0 Å². The van der Waals surface area contributed by atoms with E-state index in [1.165, 1.54) is 24.0 Å². The quantitative estimate of drug-likeness (QED) is 0.601. The van der Waals surface area contributed by atoms with Crippen LogP contribution in [0.15, 0.2) is 23.0 Å². The van der Waals surface area contributed by atoms with E-state index in [2.05, 4.69) is 85.2 Å². The summed E-state index contributed by atoms with van der Waals surface area (Å²) in [6, 6.07) is 6.79. The van der Waals surface area contributed by atoms with Crippen molar-refractivity contribution in [2.45, 2.75) is 97.8 Å². The van der Waals surface area contributed by atoms with Gasteiger partial charge in [-0.05, 0) is 99.0 Å². The number of aryl methyl sites for hydroxylation is 2. The van der Waals surface area contributed by atoms with Crippen LogP contribution < -0.4 is 5.56 Å². The molecule has 1 fully saturated rings. The van der Waals surface area contributed by atoms with Gasteiger partial charge in [-0.1, -0.05) is 19.8 Å². The van der Waals surface area contributed by atoms with E-state index in [4.69, 9.17) is 0 Å². The molecule has 1 N–H and O–H groups in total. The zero-order chi connectivity index (χ0) is 23.0. The van der Waals surface area contributed by atoms with Gasteiger partial charge < -0.3 is 4.98 Å². The largest absolute Gasteiger partial charge is 0.322 e. The molecule has 1 aliphatic carbocycles. The van der Waals surface area contributed by atoms with Crippen molar-refractivity contribution in [2.75, 3.05) is 0 Å². The van der Waals surface area contributed by atoms with Gasteiger partial charge in [-0.15, -0.1) is 5.10 Å². The maximum Gasteiger partial charge on any atom is 0.252 e. The summed E-state index contributed by atoms with van der Waals surface area (Å²) in [5.74, 6) is 0.885. The van der Waals surface area contributed by atoms with Crippen LogP contribution in [0.25, 0.3) is 10.9 Å². The maximum absolute atomic E-state index is 13.1. The minimum atomic E-state index is -0.205. The standard InChI is InChI=1S/C25H36N6O/c1-7-22(23-27-28-29-31(23)25(4,5)6)30(20-10-8-9-11-20)15-19-14-18-12-16(2)17(3)13-21(18)26-24(19)32/h12-14,20,22H,7-11,15H2,1-6H3,(H,26,32). The topological polar surface area (TPSA) is 79.7 Å². The van der Waals surface area contributed by atoms with Crippen molar-refractivity contribution < 1.29 is 0 Å². The van der Waals surface area contributed by atoms with Crippen LogP contribution in [0.4, 0.5) is 0 Å². The first kappa shape index (κ1) is 22.6. The molecule has 172 valence electrons. The number of benzene rings is 1. The molecule has 7 heteroatoms. The molecule has 32 heavy (non-hydrogen) atoms. The highest BCUT2D eigenvalue weighted by Gasteiger charge is 2.34. The summed E-state index contributed by atoms with van der Waals surface area (Å²) in [4.78, 5) is 18.7. The van der Waals surface area contributed by atoms with Gasteiger partial charge in [-0.3, -0.25) is 9.69 Å². The van der Waals surface area contributed by atoms with E-state index in [0.717, 1.165) is 41.6 Å². The highest BCUT2D eigenvalue weighted by atomic mass is 16.1. The van der Waals surface area contributed by atoms with E-state index >= 15 is 0 Å². The number of nitrogens with one attached hydrogen (secondary N) is 1. The Balaban J connectivity index is 1.76. The molecule has 7 nitrogen and oxygen atoms in total. The number of pyridine rings is 1. The average Bonchev–Trinajstić information content (AvgIpc) is 3.41. The van der Waals surface area contributed by atoms with E-state index < -0.39 is 0 Å². The average molecular weight is 437 g/mol. The maximum atomic E-state index is 13.1. The second-order valence-electron chi connectivity index (χ2n) is 10.3. The Kier molecular flexibility index (Phi) is 6.21. The first-order chi connectivity index (χ1) is 15.2. The fourth-order valence-corrected chi connectivity index (χ4v) is 5.01. The molecule has 1 aromatic carbocycles. The van der Waals surface area contributed by atoms with Gasteiger partial charge in [-0.2, -0.15) is 0 Å². The van der Waals surface area contributed by atoms with Crippen molar-refractivity contribution in [3.8, 4) is 0 Å². The molecule has 0 amide bonds. The predicted molar refractivity (Wildman–Crippen MR) is 128 cm³/mol. The van der Waals surface area contributed by atoms with Crippen molar-refractivity contribution in [3.63, 3.8) is 0 Å². The zero-order valence-electron chi connectivity index (χ0n) is 20.3. The van der Waals surface area contributed by atoms with Crippen LogP contribution in [0.5, 0.6) is 0 Å². The molecule has 4 rings (SSSR count). The molecular formula is C25H36N6O. The number of H-pyrrole nitrogens is 1. The normalized spacial score (nSPS) is 16.3. The predicted octanol–water partition coefficient (Wildman–Crippen LogP) is 4.78. The molecular weight excluding hydrogens is 400 g/mol. The summed E-state index contributed by atoms with van der Waals surface area (Å²) in [7, 11) is 0. The van der Waals surface area contributed by atoms with E-state index in [9.17, 15) is 4.79 Å². The second-order valence-corrected chi connectivity index (χ2v) is 10.3. The molecule has 0 bridgehead atoms. The molecule has 1 saturated carbocycles. The molecule has 3 aromatic rings. The van der Waals surface area contributed by atoms with Gasteiger partial charge >= 0.3 is 0 Å². The van der Waals surface area contributed by atoms with Crippen LogP contribution in [-0.2, 0) is 12.1 Å². The van der Waals surface area contributed by atoms with Gasteiger partial charge in [0.25, 0.3) is 5.56 Å². The number of aromatic nitrogens is 5. The Bertz CT molecular complexity index is 1150. The summed E-state index contributed by atoms with van der Waals surface area (Å²) in [6.07, 6.45) is 5.65. The molecule has 1 unspecified atom stereocenters. The smallest absolute Gasteiger partial charge is 0.252 e. The molecule has 2 heterocycles. The Morgan fingerprint density at radius 3 is 2.50 bits per heavy atom. The lowest BCUT2D eigenvalue weighted by Gasteiger charge is -2.36. The van der Waals surface area contributed by atoms with E-state index in [1.807, 2.05) is 4.68 Å². The molecule has 2 aromatic heterocycles. The van der Waals surface area contributed by atoms with Gasteiger partial charge in [0, 0.05) is 23.7 Å². The Labute approximate surface area is 190 Å². The molecule has 1 aliphatic rings. The Hall–Kier alpha value is -2.54. The number of aromatic amines is 1. The molecule has 1 atom stereocenters. The summed E-state index contributed by atoms with van der Waals surface area (Å²) < 4.78 is 1.94. The second kappa shape index (κ2) is 8.77. The lowest BCUT2D eigenvalue weighted by molar-refractivity contribution is 0.108. The number of hydrogen-bond donors (Lipinski definition) is 1. The van der Waals surface area contributed by atoms with Crippen LogP contribution in [0.3, 0.4) is 0 Å². The minimum absolute atomic E-state index is 0.00554. The first-order valence-corrected chi connectivity index (χ1v) is 11.9. The summed E-state index contributed by atoms with van der Waals surface area (Å²) >= 11 is 0. The van der Waals surface area contributed by atoms with Gasteiger partial charge in [0.15, 0.2) is 5.82 Å². The van der Waals surface area contributed by atoms with Gasteiger partial charge in [-0.25, -0.2) is 4.68 Å². The van der Waals surface area contributed by atoms with E-state index in [-0.39, 0.29) is 17.1 Å². The minimum Gasteiger partial charge on any atom is -0.322 e. The fourth-order valence-electron chi connectivity index (χ4n) is 5.01. The number of nitrogens with zero attached hydrogens (tertiary/aromatic N) is 5. The molecule has 0 aliphatic heterocycles. The third-order valence-electron chi connectivity index (χ3n) is 6.90. The summed E-state index contributed by atoms with van der Waals surface area (Å²) in [5, 5.41) is 13.9. The van der Waals surface area contributed by atoms with Crippen LogP contribution in [-0.4, -0.2) is 36.1 Å². The van der Waals surface area contributed by atoms with Crippen LogP contribution >= 0.6 is 0 Å². The number of rotatable bonds is 6. The summed E-state index contributed by atoms with van der Waals surface area (Å²) in [6.45, 7) is 13.3. The highest BCUT2D eigenvalue weighted by Crippen LogP contribution is 2.34. The Morgan fingerprint density at radius 1 is 1.16 bits per heavy atom. The molecule has 0 spiro atoms. The van der Waals surface area contributed by atoms with Crippen LogP contribution in [0.1, 0.15) is 88.4 Å². The lowest BCUT2D eigenvalue weighted by Crippen LogP contribution is -2.40. The first-order valence-electron chi connectivity index (χ1n) is 11.9. The third-order valence-corrected chi connectivity index (χ3v) is 6.90. The van der Waals surface area contributed by atoms with Crippen molar-refractivity contribution in [1.29, 1.82) is 0 Å². The molecule has 0 radical (unpaired) electrons. The summed E-state index contributed by atoms with van der Waals surface area (Å²) in [5.41, 5.74) is 3.92. The van der Waals surface area contributed by atoms with Gasteiger partial charge in [0.1, 0.15) is 0 Å². The Morgan fingerprint density at radius 2 is 1.84 bits per heavy atom. The zero-order valence-corrected chi connectivity index (χ0v) is 20.3. The van der Waals surface area contributed by atoms with Gasteiger partial charge in [0.2, 0.25) is 0 Å². The van der Waals surface area contributed by atoms with Crippen molar-refractivity contribution in [3.05, 3.63) is 51.1 Å². The number of tetrazole rings is 1. The van der Waals surface area contributed by atoms with Crippen molar-refractivity contribution in [2.24, 2.45) is 0 Å². The third kappa shape index (κ3) is 4.35.